The Morgan fingerprint density at radius 2 is 1.70 bits per heavy atom. The van der Waals surface area contributed by atoms with Crippen LogP contribution in [0.2, 0.25) is 0 Å². The largest absolute Gasteiger partial charge is 0.481 e. The number of alkyl halides is 3. The fraction of sp³-hybridized carbons (Fsp3) is 0.235. The van der Waals surface area contributed by atoms with E-state index in [4.69, 9.17) is 5.11 Å². The number of hydrogen-bond acceptors (Lipinski definition) is 3. The van der Waals surface area contributed by atoms with Crippen molar-refractivity contribution in [1.82, 2.24) is 0 Å². The summed E-state index contributed by atoms with van der Waals surface area (Å²) in [4.78, 5) is 10.4. The number of hydrogen-bond donors (Lipinski definition) is 1. The van der Waals surface area contributed by atoms with E-state index in [1.807, 2.05) is 0 Å². The van der Waals surface area contributed by atoms with Gasteiger partial charge in [0.05, 0.1) is 16.1 Å². The van der Waals surface area contributed by atoms with Crippen molar-refractivity contribution in [1.29, 1.82) is 0 Å². The van der Waals surface area contributed by atoms with Gasteiger partial charge in [-0.1, -0.05) is 6.07 Å². The molecule has 0 aliphatic carbocycles. The molecule has 0 fully saturated rings. The van der Waals surface area contributed by atoms with Crippen LogP contribution in [-0.2, 0) is 21.0 Å². The highest BCUT2D eigenvalue weighted by Gasteiger charge is 2.32. The number of carbonyl (C=O) groups is 1. The molecule has 10 heteroatoms. The molecular weight excluding hydrogens is 390 g/mol. The van der Waals surface area contributed by atoms with Gasteiger partial charge in [0, 0.05) is 13.0 Å². The van der Waals surface area contributed by atoms with Gasteiger partial charge in [-0.15, -0.1) is 0 Å². The predicted molar refractivity (Wildman–Crippen MR) is 89.2 cm³/mol. The third kappa shape index (κ3) is 5.19. The summed E-state index contributed by atoms with van der Waals surface area (Å²) in [6, 6.07) is 7.50. The van der Waals surface area contributed by atoms with Crippen LogP contribution in [0.1, 0.15) is 18.4 Å². The zero-order valence-corrected chi connectivity index (χ0v) is 14.6. The Hall–Kier alpha value is -2.62. The first-order chi connectivity index (χ1) is 12.5. The number of rotatable bonds is 7. The maximum absolute atomic E-state index is 13.1. The molecule has 2 aromatic carbocycles. The molecule has 0 bridgehead atoms. The Labute approximate surface area is 152 Å². The van der Waals surface area contributed by atoms with Crippen LogP contribution in [0.3, 0.4) is 0 Å². The summed E-state index contributed by atoms with van der Waals surface area (Å²) in [5.74, 6) is -1.84. The topological polar surface area (TPSA) is 74.7 Å². The van der Waals surface area contributed by atoms with E-state index in [2.05, 4.69) is 0 Å². The molecule has 2 aromatic rings. The number of nitrogens with zero attached hydrogens (tertiary/aromatic N) is 1. The van der Waals surface area contributed by atoms with Gasteiger partial charge in [-0.3, -0.25) is 9.10 Å². The normalized spacial score (nSPS) is 12.0. The van der Waals surface area contributed by atoms with Gasteiger partial charge in [0.1, 0.15) is 5.82 Å². The molecule has 146 valence electrons. The summed E-state index contributed by atoms with van der Waals surface area (Å²) in [5.41, 5.74) is -1.31. The monoisotopic (exact) mass is 405 g/mol. The quantitative estimate of drug-likeness (QED) is 0.709. The molecule has 0 amide bonds. The van der Waals surface area contributed by atoms with Gasteiger partial charge in [-0.25, -0.2) is 12.8 Å². The van der Waals surface area contributed by atoms with Gasteiger partial charge in [0.2, 0.25) is 0 Å². The lowest BCUT2D eigenvalue weighted by Crippen LogP contribution is -2.32. The van der Waals surface area contributed by atoms with E-state index < -0.39 is 33.5 Å². The van der Waals surface area contributed by atoms with E-state index in [0.29, 0.717) is 10.4 Å². The Balaban J connectivity index is 2.48. The minimum atomic E-state index is -4.68. The molecule has 0 spiro atoms. The van der Waals surface area contributed by atoms with E-state index in [0.717, 1.165) is 36.4 Å². The third-order valence-electron chi connectivity index (χ3n) is 3.61. The van der Waals surface area contributed by atoms with E-state index in [9.17, 15) is 30.8 Å². The van der Waals surface area contributed by atoms with Gasteiger partial charge in [-0.05, 0) is 48.9 Å². The molecule has 0 heterocycles. The van der Waals surface area contributed by atoms with Crippen molar-refractivity contribution in [3.63, 3.8) is 0 Å². The van der Waals surface area contributed by atoms with Crippen LogP contribution in [0.4, 0.5) is 23.2 Å². The van der Waals surface area contributed by atoms with E-state index in [1.165, 1.54) is 6.07 Å². The van der Waals surface area contributed by atoms with Crippen LogP contribution >= 0.6 is 0 Å². The second-order valence-corrected chi connectivity index (χ2v) is 7.44. The average molecular weight is 405 g/mol. The van der Waals surface area contributed by atoms with Crippen molar-refractivity contribution in [2.75, 3.05) is 10.8 Å². The molecule has 27 heavy (non-hydrogen) atoms. The smallest absolute Gasteiger partial charge is 0.416 e. The molecule has 0 saturated heterocycles. The van der Waals surface area contributed by atoms with Crippen molar-refractivity contribution in [3.05, 3.63) is 59.9 Å². The Kier molecular flexibility index (Phi) is 6.09. The highest BCUT2D eigenvalue weighted by molar-refractivity contribution is 7.92. The highest BCUT2D eigenvalue weighted by atomic mass is 32.2. The van der Waals surface area contributed by atoms with Crippen molar-refractivity contribution >= 4 is 21.7 Å². The molecule has 0 saturated carbocycles. The van der Waals surface area contributed by atoms with Gasteiger partial charge < -0.3 is 5.11 Å². The summed E-state index contributed by atoms with van der Waals surface area (Å²) in [5, 5.41) is 8.74. The number of anilines is 1. The zero-order valence-electron chi connectivity index (χ0n) is 13.8. The number of benzene rings is 2. The number of halogens is 4. The van der Waals surface area contributed by atoms with Crippen LogP contribution in [0, 0.1) is 5.82 Å². The molecule has 0 unspecified atom stereocenters. The van der Waals surface area contributed by atoms with Crippen LogP contribution in [-0.4, -0.2) is 26.0 Å². The molecule has 2 rings (SSSR count). The standard InChI is InChI=1S/C17H15F4NO4S/c18-13-6-8-15(9-7-13)27(25,26)22(10-2-5-16(23)24)14-4-1-3-12(11-14)17(19,20)21/h1,3-4,6-9,11H,2,5,10H2,(H,23,24). The summed E-state index contributed by atoms with van der Waals surface area (Å²) in [6.07, 6.45) is -5.16. The molecule has 0 atom stereocenters. The van der Waals surface area contributed by atoms with Crippen LogP contribution in [0.5, 0.6) is 0 Å². The van der Waals surface area contributed by atoms with Crippen LogP contribution in [0.25, 0.3) is 0 Å². The van der Waals surface area contributed by atoms with Crippen LogP contribution < -0.4 is 4.31 Å². The number of aliphatic carboxylic acids is 1. The van der Waals surface area contributed by atoms with Crippen molar-refractivity contribution < 1.29 is 35.9 Å². The summed E-state index contributed by atoms with van der Waals surface area (Å²) < 4.78 is 78.4. The van der Waals surface area contributed by atoms with Gasteiger partial charge >= 0.3 is 12.1 Å². The Bertz CT molecular complexity index is 911. The predicted octanol–water partition coefficient (Wildman–Crippen LogP) is 3.90. The fourth-order valence-corrected chi connectivity index (χ4v) is 3.83. The Morgan fingerprint density at radius 3 is 2.26 bits per heavy atom. The lowest BCUT2D eigenvalue weighted by Gasteiger charge is -2.25. The minimum absolute atomic E-state index is 0.119. The summed E-state index contributed by atoms with van der Waals surface area (Å²) in [6.45, 7) is -0.354. The third-order valence-corrected chi connectivity index (χ3v) is 5.46. The first kappa shape index (κ1) is 20.7. The maximum atomic E-state index is 13.1. The van der Waals surface area contributed by atoms with E-state index >= 15 is 0 Å². The van der Waals surface area contributed by atoms with E-state index in [1.54, 1.807) is 0 Å². The van der Waals surface area contributed by atoms with Gasteiger partial charge in [-0.2, -0.15) is 13.2 Å². The highest BCUT2D eigenvalue weighted by Crippen LogP contribution is 2.33. The first-order valence-corrected chi connectivity index (χ1v) is 9.13. The molecule has 0 aliphatic rings. The SMILES string of the molecule is O=C(O)CCCN(c1cccc(C(F)(F)F)c1)S(=O)(=O)c1ccc(F)cc1. The first-order valence-electron chi connectivity index (χ1n) is 7.69. The average Bonchev–Trinajstić information content (AvgIpc) is 2.58. The van der Waals surface area contributed by atoms with Gasteiger partial charge in [0.15, 0.2) is 0 Å². The van der Waals surface area contributed by atoms with Crippen molar-refractivity contribution in [2.24, 2.45) is 0 Å². The fourth-order valence-electron chi connectivity index (χ4n) is 2.33. The number of carboxylic acids is 1. The lowest BCUT2D eigenvalue weighted by molar-refractivity contribution is -0.138. The summed E-state index contributed by atoms with van der Waals surface area (Å²) in [7, 11) is -4.32. The number of sulfonamides is 1. The van der Waals surface area contributed by atoms with Crippen LogP contribution in [0.15, 0.2) is 53.4 Å². The van der Waals surface area contributed by atoms with E-state index in [-0.39, 0.29) is 30.0 Å². The molecular formula is C17H15F4NO4S. The number of carboxylic acid groups (broad SMARTS) is 1. The lowest BCUT2D eigenvalue weighted by atomic mass is 10.2. The second-order valence-electron chi connectivity index (χ2n) is 5.58. The molecule has 5 nitrogen and oxygen atoms in total. The summed E-state index contributed by atoms with van der Waals surface area (Å²) >= 11 is 0. The molecule has 0 radical (unpaired) electrons. The Morgan fingerprint density at radius 1 is 1.07 bits per heavy atom. The molecule has 0 aliphatic heterocycles. The van der Waals surface area contributed by atoms with Crippen molar-refractivity contribution in [2.45, 2.75) is 23.9 Å². The van der Waals surface area contributed by atoms with Crippen molar-refractivity contribution in [3.8, 4) is 0 Å². The molecule has 0 aromatic heterocycles. The second kappa shape index (κ2) is 7.95. The molecule has 1 N–H and O–H groups in total. The maximum Gasteiger partial charge on any atom is 0.416 e. The zero-order chi connectivity index (χ0) is 20.2. The minimum Gasteiger partial charge on any atom is -0.481 e. The van der Waals surface area contributed by atoms with Gasteiger partial charge in [0.25, 0.3) is 10.0 Å².